The number of amides is 1. The largest absolute Gasteiger partial charge is 0.469 e. The van der Waals surface area contributed by atoms with Crippen LogP contribution in [-0.4, -0.2) is 34.5 Å². The minimum absolute atomic E-state index is 0.409. The summed E-state index contributed by atoms with van der Waals surface area (Å²) < 4.78 is 8.29. The number of nitrogens with zero attached hydrogens (tertiary/aromatic N) is 1. The third-order valence-electron chi connectivity index (χ3n) is 3.95. The number of rotatable bonds is 3. The highest BCUT2D eigenvalue weighted by molar-refractivity contribution is 6.67. The molecule has 136 valence electrons. The third-order valence-corrected chi connectivity index (χ3v) is 4.28. The van der Waals surface area contributed by atoms with E-state index in [0.717, 1.165) is 11.1 Å². The average molecular weight is 407 g/mol. The molecule has 0 N–H and O–H groups in total. The SMILES string of the molecule is COC(=O)C(C)(C)C1c2ccccc2C=CN1C(=O)OCC(Cl)(Cl)Cl. The number of hydrogen-bond acceptors (Lipinski definition) is 4. The number of fused-ring (bicyclic) bond motifs is 1. The molecule has 0 fully saturated rings. The smallest absolute Gasteiger partial charge is 0.414 e. The monoisotopic (exact) mass is 405 g/mol. The van der Waals surface area contributed by atoms with E-state index in [0.29, 0.717) is 0 Å². The van der Waals surface area contributed by atoms with E-state index in [1.807, 2.05) is 24.3 Å². The first-order chi connectivity index (χ1) is 11.6. The van der Waals surface area contributed by atoms with Gasteiger partial charge in [-0.1, -0.05) is 59.1 Å². The molecule has 0 saturated carbocycles. The van der Waals surface area contributed by atoms with Crippen molar-refractivity contribution in [1.82, 2.24) is 4.90 Å². The van der Waals surface area contributed by atoms with Crippen molar-refractivity contribution < 1.29 is 19.1 Å². The standard InChI is InChI=1S/C17H18Cl3NO4/c1-16(2,14(22)24-3)13-12-7-5-4-6-11(12)8-9-21(13)15(23)25-10-17(18,19)20/h4-9,13H,10H2,1-3H3. The summed E-state index contributed by atoms with van der Waals surface area (Å²) >= 11 is 16.9. The zero-order chi connectivity index (χ0) is 18.8. The highest BCUT2D eigenvalue weighted by Crippen LogP contribution is 2.44. The molecule has 8 heteroatoms. The van der Waals surface area contributed by atoms with E-state index in [-0.39, 0.29) is 0 Å². The number of benzene rings is 1. The number of esters is 1. The first kappa shape index (κ1) is 19.9. The van der Waals surface area contributed by atoms with Crippen molar-refractivity contribution >= 4 is 52.9 Å². The molecule has 0 radical (unpaired) electrons. The quantitative estimate of drug-likeness (QED) is 0.538. The van der Waals surface area contributed by atoms with Gasteiger partial charge in [-0.3, -0.25) is 9.69 Å². The molecule has 0 aromatic heterocycles. The Morgan fingerprint density at radius 1 is 1.20 bits per heavy atom. The number of ether oxygens (including phenoxy) is 2. The minimum atomic E-state index is -1.72. The molecule has 1 aliphatic heterocycles. The number of methoxy groups -OCH3 is 1. The van der Waals surface area contributed by atoms with Crippen molar-refractivity contribution in [2.75, 3.05) is 13.7 Å². The Kier molecular flexibility index (Phi) is 5.92. The second-order valence-corrected chi connectivity index (χ2v) is 8.65. The molecule has 0 bridgehead atoms. The highest BCUT2D eigenvalue weighted by atomic mass is 35.6. The van der Waals surface area contributed by atoms with Crippen LogP contribution in [0.15, 0.2) is 30.5 Å². The Bertz CT molecular complexity index is 697. The van der Waals surface area contributed by atoms with Gasteiger partial charge in [0.1, 0.15) is 6.61 Å². The van der Waals surface area contributed by atoms with Crippen molar-refractivity contribution in [1.29, 1.82) is 0 Å². The summed E-state index contributed by atoms with van der Waals surface area (Å²) in [5.74, 6) is -0.457. The van der Waals surface area contributed by atoms with Gasteiger partial charge in [-0.15, -0.1) is 0 Å². The second kappa shape index (κ2) is 7.44. The Balaban J connectivity index is 2.41. The van der Waals surface area contributed by atoms with Gasteiger partial charge in [-0.2, -0.15) is 0 Å². The van der Waals surface area contributed by atoms with Crippen LogP contribution in [0.25, 0.3) is 6.08 Å². The fourth-order valence-corrected chi connectivity index (χ4v) is 2.97. The molecule has 5 nitrogen and oxygen atoms in total. The Hall–Kier alpha value is -1.43. The Morgan fingerprint density at radius 2 is 1.84 bits per heavy atom. The van der Waals surface area contributed by atoms with Crippen LogP contribution < -0.4 is 0 Å². The molecule has 2 rings (SSSR count). The lowest BCUT2D eigenvalue weighted by molar-refractivity contribution is -0.154. The van der Waals surface area contributed by atoms with Gasteiger partial charge >= 0.3 is 12.1 Å². The van der Waals surface area contributed by atoms with Gasteiger partial charge in [0.2, 0.25) is 3.79 Å². The molecule has 1 aliphatic rings. The van der Waals surface area contributed by atoms with Crippen LogP contribution in [0.3, 0.4) is 0 Å². The van der Waals surface area contributed by atoms with Gasteiger partial charge in [-0.25, -0.2) is 4.79 Å². The van der Waals surface area contributed by atoms with Crippen molar-refractivity contribution in [2.24, 2.45) is 5.41 Å². The van der Waals surface area contributed by atoms with Crippen LogP contribution in [0.2, 0.25) is 0 Å². The van der Waals surface area contributed by atoms with Crippen molar-refractivity contribution in [2.45, 2.75) is 23.7 Å². The van der Waals surface area contributed by atoms with Crippen molar-refractivity contribution in [3.8, 4) is 0 Å². The van der Waals surface area contributed by atoms with Gasteiger partial charge < -0.3 is 9.47 Å². The van der Waals surface area contributed by atoms with Crippen molar-refractivity contribution in [3.05, 3.63) is 41.6 Å². The van der Waals surface area contributed by atoms with Gasteiger partial charge in [0.15, 0.2) is 0 Å². The molecule has 1 aromatic rings. The average Bonchev–Trinajstić information content (AvgIpc) is 2.56. The summed E-state index contributed by atoms with van der Waals surface area (Å²) in [6, 6.07) is 6.83. The Morgan fingerprint density at radius 3 is 2.44 bits per heavy atom. The molecular weight excluding hydrogens is 389 g/mol. The maximum atomic E-state index is 12.5. The van der Waals surface area contributed by atoms with E-state index >= 15 is 0 Å². The maximum Gasteiger partial charge on any atom is 0.414 e. The molecule has 25 heavy (non-hydrogen) atoms. The predicted octanol–water partition coefficient (Wildman–Crippen LogP) is 4.72. The lowest BCUT2D eigenvalue weighted by Crippen LogP contribution is -2.45. The number of carbonyl (C=O) groups excluding carboxylic acids is 2. The molecular formula is C17H18Cl3NO4. The van der Waals surface area contributed by atoms with E-state index in [1.54, 1.807) is 26.1 Å². The third kappa shape index (κ3) is 4.40. The van der Waals surface area contributed by atoms with Crippen LogP contribution in [0.1, 0.15) is 31.0 Å². The van der Waals surface area contributed by atoms with E-state index in [9.17, 15) is 9.59 Å². The molecule has 0 saturated heterocycles. The van der Waals surface area contributed by atoms with Crippen LogP contribution in [0.4, 0.5) is 4.79 Å². The van der Waals surface area contributed by atoms with Crippen LogP contribution in [0, 0.1) is 5.41 Å². The highest BCUT2D eigenvalue weighted by Gasteiger charge is 2.46. The lowest BCUT2D eigenvalue weighted by atomic mass is 9.77. The number of hydrogen-bond donors (Lipinski definition) is 0. The molecule has 1 unspecified atom stereocenters. The van der Waals surface area contributed by atoms with Gasteiger partial charge in [0.25, 0.3) is 0 Å². The fraction of sp³-hybridized carbons (Fsp3) is 0.412. The predicted molar refractivity (Wildman–Crippen MR) is 97.5 cm³/mol. The molecule has 1 atom stereocenters. The number of alkyl halides is 3. The summed E-state index contributed by atoms with van der Waals surface area (Å²) in [5, 5.41) is 0. The minimum Gasteiger partial charge on any atom is -0.469 e. The summed E-state index contributed by atoms with van der Waals surface area (Å²) in [6.45, 7) is 3.00. The first-order valence-electron chi connectivity index (χ1n) is 7.45. The molecule has 1 aromatic carbocycles. The van der Waals surface area contributed by atoms with E-state index in [2.05, 4.69) is 0 Å². The van der Waals surface area contributed by atoms with Crippen LogP contribution in [-0.2, 0) is 14.3 Å². The zero-order valence-corrected chi connectivity index (χ0v) is 16.2. The summed E-state index contributed by atoms with van der Waals surface area (Å²) in [7, 11) is 1.31. The van der Waals surface area contributed by atoms with Gasteiger partial charge in [-0.05, 0) is 31.1 Å². The molecule has 1 heterocycles. The molecule has 1 amide bonds. The number of halogens is 3. The normalized spacial score (nSPS) is 17.0. The zero-order valence-electron chi connectivity index (χ0n) is 14.0. The van der Waals surface area contributed by atoms with E-state index < -0.39 is 33.9 Å². The topological polar surface area (TPSA) is 55.8 Å². The molecule has 0 aliphatic carbocycles. The van der Waals surface area contributed by atoms with Crippen molar-refractivity contribution in [3.63, 3.8) is 0 Å². The fourth-order valence-electron chi connectivity index (χ4n) is 2.80. The van der Waals surface area contributed by atoms with E-state index in [4.69, 9.17) is 44.3 Å². The summed E-state index contributed by atoms with van der Waals surface area (Å²) in [4.78, 5) is 26.2. The Labute approximate surface area is 161 Å². The maximum absolute atomic E-state index is 12.5. The number of carbonyl (C=O) groups is 2. The first-order valence-corrected chi connectivity index (χ1v) is 8.58. The second-order valence-electron chi connectivity index (χ2n) is 6.14. The van der Waals surface area contributed by atoms with Crippen LogP contribution in [0.5, 0.6) is 0 Å². The van der Waals surface area contributed by atoms with Gasteiger partial charge in [0.05, 0.1) is 18.6 Å². The van der Waals surface area contributed by atoms with Crippen LogP contribution >= 0.6 is 34.8 Å². The van der Waals surface area contributed by atoms with Gasteiger partial charge in [0, 0.05) is 6.20 Å². The summed E-state index contributed by atoms with van der Waals surface area (Å²) in [5.41, 5.74) is 0.662. The summed E-state index contributed by atoms with van der Waals surface area (Å²) in [6.07, 6.45) is 2.59. The molecule has 0 spiro atoms. The van der Waals surface area contributed by atoms with E-state index in [1.165, 1.54) is 12.0 Å². The lowest BCUT2D eigenvalue weighted by Gasteiger charge is -2.40.